The van der Waals surface area contributed by atoms with Crippen molar-refractivity contribution in [3.05, 3.63) is 11.3 Å². The van der Waals surface area contributed by atoms with E-state index in [4.69, 9.17) is 0 Å². The number of carbonyl (C=O) groups is 1. The van der Waals surface area contributed by atoms with Gasteiger partial charge in [0.05, 0.1) is 5.57 Å². The molecule has 0 amide bonds. The van der Waals surface area contributed by atoms with Gasteiger partial charge in [0.1, 0.15) is 0 Å². The van der Waals surface area contributed by atoms with Gasteiger partial charge in [-0.25, -0.2) is 0 Å². The third-order valence-electron chi connectivity index (χ3n) is 2.10. The fourth-order valence-corrected chi connectivity index (χ4v) is 1.16. The van der Waals surface area contributed by atoms with Crippen LogP contribution in [-0.2, 0) is 4.79 Å². The van der Waals surface area contributed by atoms with E-state index >= 15 is 0 Å². The van der Waals surface area contributed by atoms with Crippen LogP contribution in [0.15, 0.2) is 11.3 Å². The summed E-state index contributed by atoms with van der Waals surface area (Å²) in [6, 6.07) is 0. The maximum Gasteiger partial charge on any atom is 0.419 e. The Balaban J connectivity index is 3.71. The van der Waals surface area contributed by atoms with Crippen LogP contribution < -0.4 is 5.11 Å². The zero-order chi connectivity index (χ0) is 14.7. The summed E-state index contributed by atoms with van der Waals surface area (Å²) in [6.07, 6.45) is -6.18. The predicted octanol–water partition coefficient (Wildman–Crippen LogP) is 1.65. The van der Waals surface area contributed by atoms with Crippen LogP contribution in [0.4, 0.5) is 39.5 Å². The molecule has 1 aliphatic carbocycles. The Morgan fingerprint density at radius 2 is 1.28 bits per heavy atom. The smallest absolute Gasteiger partial charge is 0.419 e. The number of hydrogen-bond acceptors (Lipinski definition) is 2. The molecule has 0 bridgehead atoms. The fraction of sp³-hybridized carbons (Fsp3) is 0.571. The lowest BCUT2D eigenvalue weighted by molar-refractivity contribution is -0.392. The van der Waals surface area contributed by atoms with Gasteiger partial charge in [0.25, 0.3) is 0 Å². The van der Waals surface area contributed by atoms with Gasteiger partial charge in [-0.2, -0.15) is 39.5 Å². The summed E-state index contributed by atoms with van der Waals surface area (Å²) >= 11 is 0. The number of rotatable bonds is 0. The first-order valence-corrected chi connectivity index (χ1v) is 3.86. The summed E-state index contributed by atoms with van der Waals surface area (Å²) in [5.41, 5.74) is -3.50. The maximum absolute atomic E-state index is 12.6. The third kappa shape index (κ3) is 1.48. The monoisotopic (exact) mass is 287 g/mol. The molecule has 0 unspecified atom stereocenters. The molecule has 2 nitrogen and oxygen atoms in total. The molecule has 0 aromatic rings. The Bertz CT molecular complexity index is 431. The summed E-state index contributed by atoms with van der Waals surface area (Å²) in [6.45, 7) is 0. The van der Waals surface area contributed by atoms with E-state index in [1.165, 1.54) is 0 Å². The molecule has 0 N–H and O–H groups in total. The molecule has 0 heterocycles. The second-order valence-electron chi connectivity index (χ2n) is 3.25. The van der Waals surface area contributed by atoms with E-state index in [9.17, 15) is 49.4 Å². The Morgan fingerprint density at radius 3 is 1.61 bits per heavy atom. The minimum atomic E-state index is -6.52. The average molecular weight is 287 g/mol. The number of carbonyl (C=O) groups excluding carboxylic acids is 1. The van der Waals surface area contributed by atoms with Gasteiger partial charge in [-0.15, -0.1) is 0 Å². The van der Waals surface area contributed by atoms with Gasteiger partial charge in [-0.1, -0.05) is 0 Å². The van der Waals surface area contributed by atoms with Gasteiger partial charge in [-0.05, 0) is 5.76 Å². The summed E-state index contributed by atoms with van der Waals surface area (Å²) in [5.74, 6) is -26.5. The first kappa shape index (κ1) is 14.6. The van der Waals surface area contributed by atoms with Crippen LogP contribution in [0.25, 0.3) is 0 Å². The summed E-state index contributed by atoms with van der Waals surface area (Å²) < 4.78 is 111. The van der Waals surface area contributed by atoms with Crippen LogP contribution in [0.1, 0.15) is 0 Å². The lowest BCUT2D eigenvalue weighted by Crippen LogP contribution is -2.65. The summed E-state index contributed by atoms with van der Waals surface area (Å²) in [7, 11) is 0. The highest BCUT2D eigenvalue weighted by atomic mass is 19.4. The molecule has 0 aromatic heterocycles. The van der Waals surface area contributed by atoms with Crippen molar-refractivity contribution in [3.8, 4) is 0 Å². The Labute approximate surface area is 91.7 Å². The van der Waals surface area contributed by atoms with Gasteiger partial charge in [0, 0.05) is 0 Å². The normalized spacial score (nSPS) is 26.4. The van der Waals surface area contributed by atoms with Crippen LogP contribution in [-0.4, -0.2) is 29.7 Å². The van der Waals surface area contributed by atoms with Crippen molar-refractivity contribution in [2.45, 2.75) is 23.9 Å². The van der Waals surface area contributed by atoms with E-state index in [-0.39, 0.29) is 0 Å². The molecule has 11 heteroatoms. The molecular formula is C7F9O2-. The quantitative estimate of drug-likeness (QED) is 0.636. The molecule has 0 aromatic carbocycles. The molecule has 1 rings (SSSR count). The molecule has 0 fully saturated rings. The predicted molar refractivity (Wildman–Crippen MR) is 32.9 cm³/mol. The third-order valence-corrected chi connectivity index (χ3v) is 2.10. The van der Waals surface area contributed by atoms with Crippen molar-refractivity contribution in [1.82, 2.24) is 0 Å². The van der Waals surface area contributed by atoms with Crippen LogP contribution in [0, 0.1) is 0 Å². The molecule has 0 aliphatic heterocycles. The average Bonchev–Trinajstić information content (AvgIpc) is 2.13. The number of Topliss-reactive ketones (excluding diaryl/α,β-unsaturated/α-hetero) is 1. The molecule has 0 radical (unpaired) electrons. The van der Waals surface area contributed by atoms with Crippen molar-refractivity contribution in [2.75, 3.05) is 0 Å². The SMILES string of the molecule is O=C1C(C(F)(F)F)=C([O-])C(F)(F)C(F)(F)C1(F)F. The second-order valence-corrected chi connectivity index (χ2v) is 3.25. The standard InChI is InChI=1S/C7HF9O2/c8-4(9)2(17)1(6(12,13)14)3(18)5(10,11)7(4,15)16/h17H/p-1. The van der Waals surface area contributed by atoms with Gasteiger partial charge >= 0.3 is 23.9 Å². The first-order chi connectivity index (χ1) is 7.69. The number of hydrogen-bond donors (Lipinski definition) is 0. The number of ketones is 1. The van der Waals surface area contributed by atoms with Gasteiger partial charge < -0.3 is 5.11 Å². The topological polar surface area (TPSA) is 40.1 Å². The largest absolute Gasteiger partial charge is 0.871 e. The van der Waals surface area contributed by atoms with Gasteiger partial charge in [0.15, 0.2) is 0 Å². The number of allylic oxidation sites excluding steroid dienone is 2. The Hall–Kier alpha value is -1.42. The zero-order valence-electron chi connectivity index (χ0n) is 7.72. The lowest BCUT2D eigenvalue weighted by Gasteiger charge is -2.41. The number of halogens is 9. The first-order valence-electron chi connectivity index (χ1n) is 3.86. The van der Waals surface area contributed by atoms with Gasteiger partial charge in [0.2, 0.25) is 5.78 Å². The highest BCUT2D eigenvalue weighted by Gasteiger charge is 2.79. The van der Waals surface area contributed by atoms with E-state index in [2.05, 4.69) is 0 Å². The minimum absolute atomic E-state index is 3.50. The van der Waals surface area contributed by atoms with E-state index in [1.54, 1.807) is 0 Å². The van der Waals surface area contributed by atoms with Crippen LogP contribution in [0.3, 0.4) is 0 Å². The molecular weight excluding hydrogens is 287 g/mol. The van der Waals surface area contributed by atoms with Crippen molar-refractivity contribution in [3.63, 3.8) is 0 Å². The Kier molecular flexibility index (Phi) is 2.70. The molecule has 104 valence electrons. The molecule has 0 saturated heterocycles. The van der Waals surface area contributed by atoms with Crippen molar-refractivity contribution >= 4 is 5.78 Å². The molecule has 1 aliphatic rings. The highest BCUT2D eigenvalue weighted by Crippen LogP contribution is 2.55. The summed E-state index contributed by atoms with van der Waals surface area (Å²) in [4.78, 5) is 10.5. The second kappa shape index (κ2) is 3.32. The lowest BCUT2D eigenvalue weighted by atomic mass is 9.86. The van der Waals surface area contributed by atoms with Crippen molar-refractivity contribution in [2.24, 2.45) is 0 Å². The van der Waals surface area contributed by atoms with Crippen LogP contribution in [0.5, 0.6) is 0 Å². The molecule has 0 spiro atoms. The van der Waals surface area contributed by atoms with Crippen LogP contribution >= 0.6 is 0 Å². The van der Waals surface area contributed by atoms with E-state index in [0.717, 1.165) is 0 Å². The zero-order valence-corrected chi connectivity index (χ0v) is 7.72. The molecule has 0 atom stereocenters. The minimum Gasteiger partial charge on any atom is -0.871 e. The van der Waals surface area contributed by atoms with E-state index in [1.807, 2.05) is 0 Å². The van der Waals surface area contributed by atoms with Gasteiger partial charge in [-0.3, -0.25) is 4.79 Å². The molecule has 18 heavy (non-hydrogen) atoms. The highest BCUT2D eigenvalue weighted by molar-refractivity contribution is 6.04. The van der Waals surface area contributed by atoms with Crippen molar-refractivity contribution < 1.29 is 49.4 Å². The fourth-order valence-electron chi connectivity index (χ4n) is 1.16. The molecule has 0 saturated carbocycles. The van der Waals surface area contributed by atoms with E-state index in [0.29, 0.717) is 0 Å². The van der Waals surface area contributed by atoms with E-state index < -0.39 is 41.1 Å². The number of alkyl halides is 9. The summed E-state index contributed by atoms with van der Waals surface area (Å²) in [5, 5.41) is 10.5. The van der Waals surface area contributed by atoms with Crippen molar-refractivity contribution in [1.29, 1.82) is 0 Å². The van der Waals surface area contributed by atoms with Crippen LogP contribution in [0.2, 0.25) is 0 Å². The maximum atomic E-state index is 12.6. The Morgan fingerprint density at radius 1 is 0.889 bits per heavy atom.